The van der Waals surface area contributed by atoms with E-state index in [0.717, 1.165) is 9.36 Å². The number of benzene rings is 1. The van der Waals surface area contributed by atoms with E-state index in [-0.39, 0.29) is 19.0 Å². The molecule has 0 radical (unpaired) electrons. The van der Waals surface area contributed by atoms with E-state index in [1.54, 1.807) is 6.07 Å². The highest BCUT2D eigenvalue weighted by Crippen LogP contribution is 2.34. The molecular weight excluding hydrogens is 343 g/mol. The van der Waals surface area contributed by atoms with Gasteiger partial charge in [-0.2, -0.15) is 9.36 Å². The van der Waals surface area contributed by atoms with Crippen LogP contribution in [0.25, 0.3) is 5.69 Å². The zero-order valence-electron chi connectivity index (χ0n) is 15.3. The molecule has 0 unspecified atom stereocenters. The molecule has 1 fully saturated rings. The van der Waals surface area contributed by atoms with Crippen molar-refractivity contribution in [3.63, 3.8) is 0 Å². The topological polar surface area (TPSA) is 91.4 Å². The van der Waals surface area contributed by atoms with Gasteiger partial charge in [0, 0.05) is 13.1 Å². The quantitative estimate of drug-likeness (QED) is 0.841. The minimum atomic E-state index is -0.510. The Bertz CT molecular complexity index is 859. The number of aryl methyl sites for hydroxylation is 1. The predicted molar refractivity (Wildman–Crippen MR) is 91.1 cm³/mol. The normalized spacial score (nSPS) is 16.4. The predicted octanol–water partition coefficient (Wildman–Crippen LogP) is 0.790. The molecule has 0 aliphatic carbocycles. The van der Waals surface area contributed by atoms with Crippen LogP contribution in [0.3, 0.4) is 0 Å². The fourth-order valence-electron chi connectivity index (χ4n) is 2.71. The van der Waals surface area contributed by atoms with Crippen LogP contribution in [0.1, 0.15) is 26.3 Å². The van der Waals surface area contributed by atoms with Gasteiger partial charge in [0.2, 0.25) is 0 Å². The molecule has 2 heterocycles. The molecule has 9 heteroatoms. The third-order valence-corrected chi connectivity index (χ3v) is 4.49. The van der Waals surface area contributed by atoms with Crippen molar-refractivity contribution in [1.82, 2.24) is 19.8 Å². The molecule has 142 valence electrons. The summed E-state index contributed by atoms with van der Waals surface area (Å²) in [5.74, 6) is -0.270. The number of ether oxygens (including phenoxy) is 2. The van der Waals surface area contributed by atoms with Gasteiger partial charge in [-0.1, -0.05) is 20.8 Å². The van der Waals surface area contributed by atoms with Gasteiger partial charge in [-0.15, -0.1) is 0 Å². The van der Waals surface area contributed by atoms with Gasteiger partial charge >= 0.3 is 5.69 Å². The van der Waals surface area contributed by atoms with Crippen LogP contribution < -0.4 is 10.4 Å². The average molecular weight is 366 g/mol. The molecule has 2 aromatic rings. The molecule has 3 rings (SSSR count). The molecule has 0 amide bonds. The summed E-state index contributed by atoms with van der Waals surface area (Å²) in [6.45, 7) is 6.40. The third kappa shape index (κ3) is 3.24. The van der Waals surface area contributed by atoms with Crippen molar-refractivity contribution >= 4 is 0 Å². The number of aromatic nitrogens is 4. The van der Waals surface area contributed by atoms with Crippen LogP contribution >= 0.6 is 0 Å². The Morgan fingerprint density at radius 2 is 2.04 bits per heavy atom. The molecule has 8 nitrogen and oxygen atoms in total. The Morgan fingerprint density at radius 1 is 1.35 bits per heavy atom. The van der Waals surface area contributed by atoms with E-state index in [1.807, 2.05) is 20.8 Å². The zero-order chi connectivity index (χ0) is 19.1. The summed E-state index contributed by atoms with van der Waals surface area (Å²) in [7, 11) is 1.48. The van der Waals surface area contributed by atoms with E-state index in [9.17, 15) is 14.3 Å². The maximum atomic E-state index is 14.7. The smallest absolute Gasteiger partial charge is 0.368 e. The number of aliphatic hydroxyl groups is 1. The number of nitrogens with zero attached hydrogens (tertiary/aromatic N) is 4. The van der Waals surface area contributed by atoms with E-state index in [2.05, 4.69) is 10.4 Å². The molecule has 1 aromatic heterocycles. The lowest BCUT2D eigenvalue weighted by Crippen LogP contribution is -2.50. The number of aliphatic hydroxyl groups excluding tert-OH is 1. The van der Waals surface area contributed by atoms with Crippen LogP contribution in [0.15, 0.2) is 16.9 Å². The Labute approximate surface area is 150 Å². The summed E-state index contributed by atoms with van der Waals surface area (Å²) >= 11 is 0. The Kier molecular flexibility index (Phi) is 4.61. The minimum absolute atomic E-state index is 0.101. The number of hydrogen-bond donors (Lipinski definition) is 1. The monoisotopic (exact) mass is 366 g/mol. The van der Waals surface area contributed by atoms with E-state index in [0.29, 0.717) is 24.5 Å². The van der Waals surface area contributed by atoms with Gasteiger partial charge in [-0.25, -0.2) is 9.18 Å². The maximum Gasteiger partial charge on any atom is 0.368 e. The highest BCUT2D eigenvalue weighted by atomic mass is 19.1. The van der Waals surface area contributed by atoms with Crippen molar-refractivity contribution in [2.45, 2.75) is 26.2 Å². The van der Waals surface area contributed by atoms with Gasteiger partial charge < -0.3 is 14.6 Å². The molecule has 26 heavy (non-hydrogen) atoms. The lowest BCUT2D eigenvalue weighted by Gasteiger charge is -2.39. The largest absolute Gasteiger partial charge is 0.490 e. The van der Waals surface area contributed by atoms with Crippen LogP contribution in [-0.4, -0.2) is 51.3 Å². The number of hydrogen-bond acceptors (Lipinski definition) is 6. The van der Waals surface area contributed by atoms with Gasteiger partial charge in [0.25, 0.3) is 0 Å². The Hall–Kier alpha value is -2.26. The molecule has 0 atom stereocenters. The standard InChI is InChI=1S/C17H23FN4O4/c1-16(2,3)11-5-13(22-15(24)21(4)19-20-22)14(6-12(11)18)26-10-17(7-23)8-25-9-17/h5-6,23H,7-10H2,1-4H3. The number of halogens is 1. The second-order valence-electron chi connectivity index (χ2n) is 7.79. The highest BCUT2D eigenvalue weighted by molar-refractivity contribution is 5.50. The average Bonchev–Trinajstić information content (AvgIpc) is 2.85. The molecule has 0 bridgehead atoms. The molecule has 1 aliphatic heterocycles. The lowest BCUT2D eigenvalue weighted by molar-refractivity contribution is -0.153. The first-order chi connectivity index (χ1) is 12.2. The van der Waals surface area contributed by atoms with E-state index in [1.165, 1.54) is 13.1 Å². The summed E-state index contributed by atoms with van der Waals surface area (Å²) in [5.41, 5.74) is -0.713. The van der Waals surface area contributed by atoms with Crippen molar-refractivity contribution in [2.75, 3.05) is 26.4 Å². The SMILES string of the molecule is Cn1nnn(-c2cc(C(C)(C)C)c(F)cc2OCC2(CO)COC2)c1=O. The third-order valence-electron chi connectivity index (χ3n) is 4.49. The summed E-state index contributed by atoms with van der Waals surface area (Å²) in [6, 6.07) is 2.81. The first-order valence-electron chi connectivity index (χ1n) is 8.32. The summed E-state index contributed by atoms with van der Waals surface area (Å²) in [4.78, 5) is 12.3. The molecule has 1 N–H and O–H groups in total. The van der Waals surface area contributed by atoms with Crippen LogP contribution in [0.4, 0.5) is 4.39 Å². The first kappa shape index (κ1) is 18.5. The fraction of sp³-hybridized carbons (Fsp3) is 0.588. The summed E-state index contributed by atoms with van der Waals surface area (Å²) in [6.07, 6.45) is 0. The van der Waals surface area contributed by atoms with Crippen molar-refractivity contribution in [3.8, 4) is 11.4 Å². The number of rotatable bonds is 5. The molecular formula is C17H23FN4O4. The maximum absolute atomic E-state index is 14.7. The molecule has 1 aliphatic rings. The first-order valence-corrected chi connectivity index (χ1v) is 8.32. The second-order valence-corrected chi connectivity index (χ2v) is 7.79. The fourth-order valence-corrected chi connectivity index (χ4v) is 2.71. The van der Waals surface area contributed by atoms with E-state index < -0.39 is 22.3 Å². The Balaban J connectivity index is 2.06. The van der Waals surface area contributed by atoms with Gasteiger partial charge in [0.15, 0.2) is 0 Å². The number of tetrazole rings is 1. The van der Waals surface area contributed by atoms with Gasteiger partial charge in [-0.05, 0) is 27.5 Å². The molecule has 1 saturated heterocycles. The van der Waals surface area contributed by atoms with Crippen molar-refractivity contribution in [1.29, 1.82) is 0 Å². The lowest BCUT2D eigenvalue weighted by atomic mass is 9.86. The highest BCUT2D eigenvalue weighted by Gasteiger charge is 2.39. The van der Waals surface area contributed by atoms with Gasteiger partial charge in [0.05, 0.1) is 25.2 Å². The van der Waals surface area contributed by atoms with Crippen LogP contribution in [0.5, 0.6) is 5.75 Å². The Morgan fingerprint density at radius 3 is 2.50 bits per heavy atom. The molecule has 1 aromatic carbocycles. The van der Waals surface area contributed by atoms with Crippen molar-refractivity contribution < 1.29 is 19.0 Å². The molecule has 0 spiro atoms. The van der Waals surface area contributed by atoms with Gasteiger partial charge in [-0.3, -0.25) is 0 Å². The summed E-state index contributed by atoms with van der Waals surface area (Å²) < 4.78 is 27.8. The van der Waals surface area contributed by atoms with Crippen LogP contribution in [0.2, 0.25) is 0 Å². The van der Waals surface area contributed by atoms with E-state index >= 15 is 0 Å². The van der Waals surface area contributed by atoms with Crippen molar-refractivity contribution in [2.24, 2.45) is 12.5 Å². The van der Waals surface area contributed by atoms with Crippen LogP contribution in [0, 0.1) is 11.2 Å². The van der Waals surface area contributed by atoms with Crippen molar-refractivity contribution in [3.05, 3.63) is 34.0 Å². The second kappa shape index (κ2) is 6.48. The zero-order valence-corrected chi connectivity index (χ0v) is 15.3. The van der Waals surface area contributed by atoms with Gasteiger partial charge in [0.1, 0.15) is 23.9 Å². The van der Waals surface area contributed by atoms with Crippen LogP contribution in [-0.2, 0) is 17.2 Å². The minimum Gasteiger partial charge on any atom is -0.490 e. The van der Waals surface area contributed by atoms with E-state index in [4.69, 9.17) is 9.47 Å². The summed E-state index contributed by atoms with van der Waals surface area (Å²) in [5, 5.41) is 17.1. The molecule has 0 saturated carbocycles.